The van der Waals surface area contributed by atoms with Gasteiger partial charge in [-0.15, -0.1) is 6.58 Å². The van der Waals surface area contributed by atoms with Crippen molar-refractivity contribution in [2.45, 2.75) is 31.0 Å². The first kappa shape index (κ1) is 10.1. The minimum atomic E-state index is 0.0735. The second-order valence-electron chi connectivity index (χ2n) is 4.22. The first-order chi connectivity index (χ1) is 6.85. The van der Waals surface area contributed by atoms with Crippen molar-refractivity contribution in [3.63, 3.8) is 0 Å². The quantitative estimate of drug-likeness (QED) is 0.687. The second-order valence-corrected chi connectivity index (χ2v) is 4.22. The van der Waals surface area contributed by atoms with Crippen LogP contribution in [0, 0.1) is 0 Å². The number of ether oxygens (including phenoxy) is 2. The van der Waals surface area contributed by atoms with Crippen LogP contribution in [0.5, 0.6) is 0 Å². The molecule has 0 aromatic carbocycles. The van der Waals surface area contributed by atoms with Crippen LogP contribution < -0.4 is 5.32 Å². The summed E-state index contributed by atoms with van der Waals surface area (Å²) in [7, 11) is 0. The number of nitrogens with one attached hydrogen (secondary N) is 1. The van der Waals surface area contributed by atoms with Crippen LogP contribution in [0.4, 0.5) is 0 Å². The van der Waals surface area contributed by atoms with Crippen LogP contribution in [0.1, 0.15) is 19.3 Å². The summed E-state index contributed by atoms with van der Waals surface area (Å²) in [5.41, 5.74) is 0.0735. The zero-order valence-corrected chi connectivity index (χ0v) is 8.63. The highest BCUT2D eigenvalue weighted by Gasteiger charge is 2.41. The second kappa shape index (κ2) is 4.43. The highest BCUT2D eigenvalue weighted by Crippen LogP contribution is 2.33. The van der Waals surface area contributed by atoms with Gasteiger partial charge in [0.15, 0.2) is 0 Å². The van der Waals surface area contributed by atoms with E-state index in [-0.39, 0.29) is 11.7 Å². The number of rotatable bonds is 3. The summed E-state index contributed by atoms with van der Waals surface area (Å²) in [6.07, 6.45) is 5.49. The molecule has 0 aromatic heterocycles. The molecule has 2 rings (SSSR count). The van der Waals surface area contributed by atoms with Gasteiger partial charge in [-0.2, -0.15) is 0 Å². The van der Waals surface area contributed by atoms with Crippen molar-refractivity contribution in [1.29, 1.82) is 0 Å². The zero-order chi connectivity index (χ0) is 9.86. The number of hydrogen-bond donors (Lipinski definition) is 1. The summed E-state index contributed by atoms with van der Waals surface area (Å²) < 4.78 is 11.5. The molecule has 3 heteroatoms. The Bertz CT molecular complexity index is 199. The third-order valence-electron chi connectivity index (χ3n) is 3.06. The average molecular weight is 197 g/mol. The van der Waals surface area contributed by atoms with Crippen LogP contribution >= 0.6 is 0 Å². The number of piperidine rings is 1. The van der Waals surface area contributed by atoms with E-state index in [2.05, 4.69) is 11.9 Å². The van der Waals surface area contributed by atoms with Gasteiger partial charge in [0.05, 0.1) is 24.9 Å². The molecule has 2 aliphatic rings. The van der Waals surface area contributed by atoms with E-state index < -0.39 is 0 Å². The lowest BCUT2D eigenvalue weighted by atomic mass is 9.90. The van der Waals surface area contributed by atoms with E-state index in [9.17, 15) is 0 Å². The maximum atomic E-state index is 5.87. The minimum absolute atomic E-state index is 0.0735. The Hall–Kier alpha value is -0.380. The van der Waals surface area contributed by atoms with E-state index in [4.69, 9.17) is 9.47 Å². The molecule has 0 saturated carbocycles. The zero-order valence-electron chi connectivity index (χ0n) is 8.63. The van der Waals surface area contributed by atoms with Crippen LogP contribution in [0.25, 0.3) is 0 Å². The Kier molecular flexibility index (Phi) is 3.21. The molecule has 0 amide bonds. The van der Waals surface area contributed by atoms with E-state index >= 15 is 0 Å². The van der Waals surface area contributed by atoms with Gasteiger partial charge in [-0.05, 0) is 19.4 Å². The van der Waals surface area contributed by atoms with Gasteiger partial charge in [0.2, 0.25) is 0 Å². The summed E-state index contributed by atoms with van der Waals surface area (Å²) in [4.78, 5) is 0. The maximum Gasteiger partial charge on any atom is 0.0841 e. The summed E-state index contributed by atoms with van der Waals surface area (Å²) in [6, 6.07) is 0. The van der Waals surface area contributed by atoms with E-state index in [0.29, 0.717) is 6.61 Å². The SMILES string of the molecule is C=CCO[C@H]1CO[C@]2(CCCNC2)C1. The largest absolute Gasteiger partial charge is 0.372 e. The van der Waals surface area contributed by atoms with Crippen LogP contribution in [-0.2, 0) is 9.47 Å². The minimum Gasteiger partial charge on any atom is -0.372 e. The van der Waals surface area contributed by atoms with Crippen molar-refractivity contribution >= 4 is 0 Å². The van der Waals surface area contributed by atoms with Crippen molar-refractivity contribution in [1.82, 2.24) is 5.32 Å². The molecule has 0 unspecified atom stereocenters. The molecule has 0 radical (unpaired) electrons. The Morgan fingerprint density at radius 1 is 1.64 bits per heavy atom. The molecule has 0 aromatic rings. The topological polar surface area (TPSA) is 30.5 Å². The Morgan fingerprint density at radius 2 is 2.57 bits per heavy atom. The Morgan fingerprint density at radius 3 is 3.29 bits per heavy atom. The highest BCUT2D eigenvalue weighted by molar-refractivity contribution is 4.94. The molecule has 14 heavy (non-hydrogen) atoms. The fraction of sp³-hybridized carbons (Fsp3) is 0.818. The van der Waals surface area contributed by atoms with Gasteiger partial charge < -0.3 is 14.8 Å². The van der Waals surface area contributed by atoms with E-state index in [1.54, 1.807) is 6.08 Å². The van der Waals surface area contributed by atoms with Crippen molar-refractivity contribution in [2.24, 2.45) is 0 Å². The normalized spacial score (nSPS) is 37.6. The molecule has 0 aliphatic carbocycles. The molecule has 1 spiro atoms. The Labute approximate surface area is 85.5 Å². The standard InChI is InChI=1S/C11H19NO2/c1-2-6-13-10-7-11(14-8-10)4-3-5-12-9-11/h2,10,12H,1,3-9H2/t10-,11-/m1/s1. The lowest BCUT2D eigenvalue weighted by Crippen LogP contribution is -2.45. The molecule has 80 valence electrons. The third-order valence-corrected chi connectivity index (χ3v) is 3.06. The number of hydrogen-bond acceptors (Lipinski definition) is 3. The molecule has 2 heterocycles. The lowest BCUT2D eigenvalue weighted by molar-refractivity contribution is -0.0176. The highest BCUT2D eigenvalue weighted by atomic mass is 16.6. The fourth-order valence-corrected chi connectivity index (χ4v) is 2.35. The first-order valence-electron chi connectivity index (χ1n) is 5.42. The van der Waals surface area contributed by atoms with Crippen molar-refractivity contribution in [2.75, 3.05) is 26.3 Å². The first-order valence-corrected chi connectivity index (χ1v) is 5.42. The predicted octanol–water partition coefficient (Wildman–Crippen LogP) is 1.10. The molecule has 3 nitrogen and oxygen atoms in total. The van der Waals surface area contributed by atoms with E-state index in [1.807, 2.05) is 0 Å². The lowest BCUT2D eigenvalue weighted by Gasteiger charge is -2.32. The molecule has 2 fully saturated rings. The van der Waals surface area contributed by atoms with Gasteiger partial charge in [0, 0.05) is 13.0 Å². The summed E-state index contributed by atoms with van der Waals surface area (Å²) >= 11 is 0. The molecule has 2 atom stereocenters. The molecule has 1 N–H and O–H groups in total. The van der Waals surface area contributed by atoms with Gasteiger partial charge >= 0.3 is 0 Å². The average Bonchev–Trinajstić information content (AvgIpc) is 2.60. The molecular weight excluding hydrogens is 178 g/mol. The third kappa shape index (κ3) is 2.16. The fourth-order valence-electron chi connectivity index (χ4n) is 2.35. The van der Waals surface area contributed by atoms with E-state index in [0.717, 1.165) is 26.1 Å². The smallest absolute Gasteiger partial charge is 0.0841 e. The maximum absolute atomic E-state index is 5.87. The van der Waals surface area contributed by atoms with Crippen molar-refractivity contribution in [3.8, 4) is 0 Å². The summed E-state index contributed by atoms with van der Waals surface area (Å²) in [5, 5.41) is 3.39. The summed E-state index contributed by atoms with van der Waals surface area (Å²) in [6.45, 7) is 7.14. The van der Waals surface area contributed by atoms with Crippen LogP contribution in [0.3, 0.4) is 0 Å². The monoisotopic (exact) mass is 197 g/mol. The van der Waals surface area contributed by atoms with Gasteiger partial charge in [0.1, 0.15) is 0 Å². The van der Waals surface area contributed by atoms with Crippen molar-refractivity contribution < 1.29 is 9.47 Å². The molecule has 0 bridgehead atoms. The van der Waals surface area contributed by atoms with E-state index in [1.165, 1.54) is 12.8 Å². The van der Waals surface area contributed by atoms with Gasteiger partial charge in [-0.3, -0.25) is 0 Å². The van der Waals surface area contributed by atoms with Crippen molar-refractivity contribution in [3.05, 3.63) is 12.7 Å². The predicted molar refractivity (Wildman–Crippen MR) is 55.3 cm³/mol. The van der Waals surface area contributed by atoms with Gasteiger partial charge in [0.25, 0.3) is 0 Å². The Balaban J connectivity index is 1.82. The van der Waals surface area contributed by atoms with Gasteiger partial charge in [-0.25, -0.2) is 0 Å². The van der Waals surface area contributed by atoms with Crippen LogP contribution in [0.15, 0.2) is 12.7 Å². The molecule has 2 saturated heterocycles. The van der Waals surface area contributed by atoms with Crippen LogP contribution in [0.2, 0.25) is 0 Å². The molecular formula is C11H19NO2. The summed E-state index contributed by atoms with van der Waals surface area (Å²) in [5.74, 6) is 0. The van der Waals surface area contributed by atoms with Gasteiger partial charge in [-0.1, -0.05) is 6.08 Å². The molecule has 2 aliphatic heterocycles. The van der Waals surface area contributed by atoms with Crippen LogP contribution in [-0.4, -0.2) is 38.0 Å².